The number of benzene rings is 2. The van der Waals surface area contributed by atoms with E-state index < -0.39 is 23.5 Å². The molecular formula is C26H31N3O8. The number of hydrogen-bond donors (Lipinski definition) is 4. The van der Waals surface area contributed by atoms with Crippen molar-refractivity contribution in [1.82, 2.24) is 15.1 Å². The quantitative estimate of drug-likeness (QED) is 0.256. The minimum atomic E-state index is -2.71. The topological polar surface area (TPSA) is 149 Å². The third kappa shape index (κ3) is 5.50. The summed E-state index contributed by atoms with van der Waals surface area (Å²) >= 11 is 0. The summed E-state index contributed by atoms with van der Waals surface area (Å²) < 4.78 is 10.9. The van der Waals surface area contributed by atoms with Gasteiger partial charge in [0.25, 0.3) is 11.8 Å². The minimum absolute atomic E-state index is 0.00499. The first-order chi connectivity index (χ1) is 17.7. The maximum atomic E-state index is 13.1. The molecule has 0 radical (unpaired) electrons. The molecule has 198 valence electrons. The van der Waals surface area contributed by atoms with E-state index in [1.54, 1.807) is 24.3 Å². The van der Waals surface area contributed by atoms with Crippen molar-refractivity contribution >= 4 is 18.1 Å². The molecule has 4 rings (SSSR count). The Labute approximate surface area is 214 Å². The molecule has 2 aliphatic heterocycles. The molecule has 4 N–H and O–H groups in total. The number of aliphatic hydroxyl groups is 3. The van der Waals surface area contributed by atoms with E-state index in [0.29, 0.717) is 26.0 Å². The molecule has 1 unspecified atom stereocenters. The van der Waals surface area contributed by atoms with E-state index in [1.807, 2.05) is 0 Å². The van der Waals surface area contributed by atoms with Crippen LogP contribution in [0, 0.1) is 0 Å². The third-order valence-electron chi connectivity index (χ3n) is 6.67. The van der Waals surface area contributed by atoms with E-state index in [0.717, 1.165) is 23.6 Å². The predicted octanol–water partition coefficient (Wildman–Crippen LogP) is 0.0622. The van der Waals surface area contributed by atoms with Gasteiger partial charge < -0.3 is 34.9 Å². The van der Waals surface area contributed by atoms with Gasteiger partial charge in [0, 0.05) is 50.7 Å². The summed E-state index contributed by atoms with van der Waals surface area (Å²) in [6.07, 6.45) is 0.104. The zero-order chi connectivity index (χ0) is 26.6. The van der Waals surface area contributed by atoms with Gasteiger partial charge in [-0.25, -0.2) is 0 Å². The highest BCUT2D eigenvalue weighted by atomic mass is 16.8. The zero-order valence-corrected chi connectivity index (χ0v) is 20.6. The number of ether oxygens (including phenoxy) is 2. The summed E-state index contributed by atoms with van der Waals surface area (Å²) in [5, 5.41) is 35.0. The molecule has 11 heteroatoms. The normalized spacial score (nSPS) is 17.7. The van der Waals surface area contributed by atoms with E-state index in [9.17, 15) is 29.7 Å². The van der Waals surface area contributed by atoms with E-state index in [-0.39, 0.29) is 41.8 Å². The molecule has 2 heterocycles. The van der Waals surface area contributed by atoms with Crippen LogP contribution in [0.15, 0.2) is 42.5 Å². The summed E-state index contributed by atoms with van der Waals surface area (Å²) in [6, 6.07) is 11.1. The molecule has 11 nitrogen and oxygen atoms in total. The number of likely N-dealkylation sites (N-methyl/N-ethyl adjacent to an activating group) is 1. The van der Waals surface area contributed by atoms with Crippen LogP contribution >= 0.6 is 0 Å². The summed E-state index contributed by atoms with van der Waals surface area (Å²) in [6.45, 7) is 3.49. The monoisotopic (exact) mass is 513 g/mol. The Morgan fingerprint density at radius 1 is 1.14 bits per heavy atom. The van der Waals surface area contributed by atoms with Crippen LogP contribution in [0.5, 0.6) is 5.75 Å². The SMILES string of the molecule is CNC(=O)C(O)(CCC=O)N1Cc2c(OC(O)(O)c3ccc(CN4CCOCC4)cc3)cccc2C1=O. The second-order valence-corrected chi connectivity index (χ2v) is 9.07. The van der Waals surface area contributed by atoms with Crippen molar-refractivity contribution in [3.8, 4) is 5.75 Å². The van der Waals surface area contributed by atoms with Gasteiger partial charge in [0.2, 0.25) is 5.72 Å². The lowest BCUT2D eigenvalue weighted by Gasteiger charge is -2.35. The number of hydrogen-bond acceptors (Lipinski definition) is 9. The van der Waals surface area contributed by atoms with Crippen molar-refractivity contribution in [1.29, 1.82) is 0 Å². The van der Waals surface area contributed by atoms with Gasteiger partial charge in [0.1, 0.15) is 12.0 Å². The average Bonchev–Trinajstić information content (AvgIpc) is 3.25. The number of rotatable bonds is 10. The molecule has 2 aromatic carbocycles. The van der Waals surface area contributed by atoms with Crippen molar-refractivity contribution in [3.05, 3.63) is 64.7 Å². The standard InChI is InChI=1S/C26H31N3O8/c1-27-24(32)25(33,10-3-13-30)29-17-21-20(23(29)31)4-2-5-22(21)37-26(34,35)19-8-6-18(7-9-19)16-28-11-14-36-15-12-28/h2,4-9,13,33-35H,3,10-12,14-17H2,1H3,(H,27,32). The fraction of sp³-hybridized carbons (Fsp3) is 0.423. The second-order valence-electron chi connectivity index (χ2n) is 9.07. The molecule has 2 aromatic rings. The van der Waals surface area contributed by atoms with Crippen LogP contribution in [0.4, 0.5) is 0 Å². The summed E-state index contributed by atoms with van der Waals surface area (Å²) in [4.78, 5) is 39.7. The van der Waals surface area contributed by atoms with Gasteiger partial charge in [-0.3, -0.25) is 19.4 Å². The van der Waals surface area contributed by atoms with Crippen molar-refractivity contribution in [2.24, 2.45) is 0 Å². The molecule has 1 fully saturated rings. The molecule has 0 aromatic heterocycles. The number of carbonyl (C=O) groups excluding carboxylic acids is 3. The van der Waals surface area contributed by atoms with Crippen LogP contribution in [0.25, 0.3) is 0 Å². The van der Waals surface area contributed by atoms with Gasteiger partial charge in [-0.15, -0.1) is 0 Å². The van der Waals surface area contributed by atoms with Crippen LogP contribution in [-0.2, 0) is 33.4 Å². The summed E-state index contributed by atoms with van der Waals surface area (Å²) in [7, 11) is 1.31. The van der Waals surface area contributed by atoms with Gasteiger partial charge in [0.15, 0.2) is 0 Å². The number of morpholine rings is 1. The van der Waals surface area contributed by atoms with Crippen LogP contribution in [0.3, 0.4) is 0 Å². The van der Waals surface area contributed by atoms with E-state index >= 15 is 0 Å². The number of aldehydes is 1. The average molecular weight is 514 g/mol. The summed E-state index contributed by atoms with van der Waals surface area (Å²) in [5.74, 6) is -4.19. The highest BCUT2D eigenvalue weighted by molar-refractivity contribution is 6.02. The van der Waals surface area contributed by atoms with Crippen molar-refractivity contribution in [2.75, 3.05) is 33.4 Å². The molecule has 2 amide bonds. The smallest absolute Gasteiger partial charge is 0.351 e. The van der Waals surface area contributed by atoms with Gasteiger partial charge in [-0.2, -0.15) is 0 Å². The van der Waals surface area contributed by atoms with Gasteiger partial charge in [0.05, 0.1) is 25.3 Å². The molecule has 0 bridgehead atoms. The lowest BCUT2D eigenvalue weighted by atomic mass is 10.0. The predicted molar refractivity (Wildman–Crippen MR) is 130 cm³/mol. The Hall–Kier alpha value is -3.35. The molecule has 0 saturated carbocycles. The fourth-order valence-electron chi connectivity index (χ4n) is 4.59. The first kappa shape index (κ1) is 26.7. The number of nitrogens with one attached hydrogen (secondary N) is 1. The van der Waals surface area contributed by atoms with Crippen molar-refractivity contribution in [3.63, 3.8) is 0 Å². The lowest BCUT2D eigenvalue weighted by molar-refractivity contribution is -0.304. The highest BCUT2D eigenvalue weighted by Gasteiger charge is 2.48. The van der Waals surface area contributed by atoms with E-state index in [1.165, 1.54) is 25.2 Å². The lowest BCUT2D eigenvalue weighted by Crippen LogP contribution is -2.58. The number of amides is 2. The maximum Gasteiger partial charge on any atom is 0.351 e. The first-order valence-electron chi connectivity index (χ1n) is 12.0. The number of carbonyl (C=O) groups is 3. The highest BCUT2D eigenvalue weighted by Crippen LogP contribution is 2.38. The Kier molecular flexibility index (Phi) is 7.90. The minimum Gasteiger partial charge on any atom is -0.435 e. The molecule has 2 aliphatic rings. The Balaban J connectivity index is 1.53. The first-order valence-corrected chi connectivity index (χ1v) is 12.0. The third-order valence-corrected chi connectivity index (χ3v) is 6.67. The Morgan fingerprint density at radius 3 is 2.49 bits per heavy atom. The van der Waals surface area contributed by atoms with Gasteiger partial charge >= 0.3 is 5.97 Å². The van der Waals surface area contributed by atoms with Crippen LogP contribution in [0.2, 0.25) is 0 Å². The van der Waals surface area contributed by atoms with Gasteiger partial charge in [-0.05, 0) is 29.8 Å². The fourth-order valence-corrected chi connectivity index (χ4v) is 4.59. The second kappa shape index (κ2) is 11.0. The van der Waals surface area contributed by atoms with Crippen molar-refractivity contribution in [2.45, 2.75) is 37.6 Å². The molecule has 0 spiro atoms. The number of fused-ring (bicyclic) bond motifs is 1. The Morgan fingerprint density at radius 2 is 1.84 bits per heavy atom. The van der Waals surface area contributed by atoms with Crippen LogP contribution in [-0.4, -0.2) is 82.3 Å². The zero-order valence-electron chi connectivity index (χ0n) is 20.6. The van der Waals surface area contributed by atoms with Crippen LogP contribution < -0.4 is 10.1 Å². The molecule has 1 atom stereocenters. The molecule has 1 saturated heterocycles. The van der Waals surface area contributed by atoms with E-state index in [2.05, 4.69) is 10.2 Å². The molecule has 0 aliphatic carbocycles. The Bertz CT molecular complexity index is 1150. The molecule has 37 heavy (non-hydrogen) atoms. The number of nitrogens with zero attached hydrogens (tertiary/aromatic N) is 2. The van der Waals surface area contributed by atoms with Crippen molar-refractivity contribution < 1.29 is 39.2 Å². The molecular weight excluding hydrogens is 482 g/mol. The van der Waals surface area contributed by atoms with E-state index in [4.69, 9.17) is 9.47 Å². The summed E-state index contributed by atoms with van der Waals surface area (Å²) in [5.41, 5.74) is -0.772. The maximum absolute atomic E-state index is 13.1. The largest absolute Gasteiger partial charge is 0.435 e. The van der Waals surface area contributed by atoms with Gasteiger partial charge in [-0.1, -0.05) is 18.2 Å². The van der Waals surface area contributed by atoms with Crippen LogP contribution in [0.1, 0.15) is 39.9 Å².